The summed E-state index contributed by atoms with van der Waals surface area (Å²) in [5.41, 5.74) is 9.75. The van der Waals surface area contributed by atoms with Gasteiger partial charge in [-0.3, -0.25) is 5.41 Å². The number of ether oxygens (including phenoxy) is 2. The van der Waals surface area contributed by atoms with Gasteiger partial charge in [0.05, 0.1) is 12.7 Å². The van der Waals surface area contributed by atoms with Gasteiger partial charge in [0.25, 0.3) is 0 Å². The molecule has 0 bridgehead atoms. The molecule has 6 nitrogen and oxygen atoms in total. The van der Waals surface area contributed by atoms with Crippen molar-refractivity contribution < 1.29 is 14.3 Å². The van der Waals surface area contributed by atoms with Gasteiger partial charge in [-0.05, 0) is 86.7 Å². The molecular formula is C24H34ClN3O3. The van der Waals surface area contributed by atoms with Crippen LogP contribution in [0.15, 0.2) is 36.4 Å². The second-order valence-corrected chi connectivity index (χ2v) is 7.89. The van der Waals surface area contributed by atoms with E-state index in [4.69, 9.17) is 20.6 Å². The quantitative estimate of drug-likeness (QED) is 0.274. The first kappa shape index (κ1) is 26.3. The highest BCUT2D eigenvalue weighted by Gasteiger charge is 2.26. The molecule has 0 aromatic heterocycles. The fourth-order valence-corrected chi connectivity index (χ4v) is 3.24. The number of esters is 1. The molecule has 2 aromatic carbocycles. The smallest absolute Gasteiger partial charge is 0.333 e. The van der Waals surface area contributed by atoms with Crippen molar-refractivity contribution in [2.75, 3.05) is 11.9 Å². The second-order valence-electron chi connectivity index (χ2n) is 7.89. The third-order valence-corrected chi connectivity index (χ3v) is 4.72. The summed E-state index contributed by atoms with van der Waals surface area (Å²) < 4.78 is 11.4. The molecule has 0 aliphatic carbocycles. The van der Waals surface area contributed by atoms with E-state index in [2.05, 4.69) is 19.2 Å². The molecule has 0 saturated carbocycles. The summed E-state index contributed by atoms with van der Waals surface area (Å²) in [6, 6.07) is 10.5. The minimum Gasteiger partial charge on any atom is -0.491 e. The molecule has 0 saturated heterocycles. The Balaban J connectivity index is 0.00000480. The molecule has 0 aliphatic rings. The summed E-state index contributed by atoms with van der Waals surface area (Å²) in [7, 11) is 0. The number of halogens is 1. The fraction of sp³-hybridized carbons (Fsp3) is 0.417. The Morgan fingerprint density at radius 2 is 1.71 bits per heavy atom. The number of carbonyl (C=O) groups is 1. The van der Waals surface area contributed by atoms with Crippen molar-refractivity contribution in [1.29, 1.82) is 5.41 Å². The number of amidine groups is 1. The van der Waals surface area contributed by atoms with Gasteiger partial charge >= 0.3 is 5.97 Å². The van der Waals surface area contributed by atoms with Crippen LogP contribution in [-0.2, 0) is 9.53 Å². The SMILES string of the molecule is CCOC(=O)C(Nc1ccc(C(=N)N)cc1)c1cc(C(C)C)c(OC(C)C)cc1C.Cl. The van der Waals surface area contributed by atoms with Crippen LogP contribution in [0.4, 0.5) is 5.69 Å². The number of hydrogen-bond acceptors (Lipinski definition) is 5. The predicted molar refractivity (Wildman–Crippen MR) is 129 cm³/mol. The third-order valence-electron chi connectivity index (χ3n) is 4.72. The fourth-order valence-electron chi connectivity index (χ4n) is 3.24. The molecule has 0 fully saturated rings. The molecule has 2 aromatic rings. The van der Waals surface area contributed by atoms with Gasteiger partial charge in [0.15, 0.2) is 6.04 Å². The van der Waals surface area contributed by atoms with Crippen molar-refractivity contribution in [3.05, 3.63) is 58.7 Å². The number of nitrogens with two attached hydrogens (primary N) is 1. The van der Waals surface area contributed by atoms with Gasteiger partial charge in [-0.25, -0.2) is 4.79 Å². The molecule has 0 amide bonds. The zero-order valence-electron chi connectivity index (χ0n) is 19.1. The van der Waals surface area contributed by atoms with Crippen LogP contribution < -0.4 is 15.8 Å². The molecule has 0 heterocycles. The second kappa shape index (κ2) is 11.6. The lowest BCUT2D eigenvalue weighted by molar-refractivity contribution is -0.144. The van der Waals surface area contributed by atoms with Crippen LogP contribution >= 0.6 is 12.4 Å². The first-order valence-corrected chi connectivity index (χ1v) is 10.3. The molecule has 2 rings (SSSR count). The maximum Gasteiger partial charge on any atom is 0.333 e. The van der Waals surface area contributed by atoms with Crippen molar-refractivity contribution in [2.24, 2.45) is 5.73 Å². The maximum absolute atomic E-state index is 12.8. The lowest BCUT2D eigenvalue weighted by Crippen LogP contribution is -2.25. The van der Waals surface area contributed by atoms with Crippen LogP contribution in [0, 0.1) is 12.3 Å². The monoisotopic (exact) mass is 447 g/mol. The van der Waals surface area contributed by atoms with Gasteiger partial charge in [0.2, 0.25) is 0 Å². The van der Waals surface area contributed by atoms with Gasteiger partial charge < -0.3 is 20.5 Å². The number of benzene rings is 2. The van der Waals surface area contributed by atoms with Crippen molar-refractivity contribution in [1.82, 2.24) is 0 Å². The van der Waals surface area contributed by atoms with Crippen molar-refractivity contribution in [3.63, 3.8) is 0 Å². The number of nitrogens with one attached hydrogen (secondary N) is 2. The van der Waals surface area contributed by atoms with E-state index in [0.717, 1.165) is 28.1 Å². The normalized spacial score (nSPS) is 11.6. The first-order valence-electron chi connectivity index (χ1n) is 10.3. The average molecular weight is 448 g/mol. The molecule has 31 heavy (non-hydrogen) atoms. The zero-order valence-corrected chi connectivity index (χ0v) is 19.9. The Kier molecular flexibility index (Phi) is 9.85. The van der Waals surface area contributed by atoms with Gasteiger partial charge in [0, 0.05) is 11.3 Å². The minimum atomic E-state index is -0.668. The van der Waals surface area contributed by atoms with Crippen molar-refractivity contribution in [3.8, 4) is 5.75 Å². The summed E-state index contributed by atoms with van der Waals surface area (Å²) in [4.78, 5) is 12.8. The highest BCUT2D eigenvalue weighted by molar-refractivity contribution is 5.95. The van der Waals surface area contributed by atoms with Crippen LogP contribution in [0.2, 0.25) is 0 Å². The van der Waals surface area contributed by atoms with Gasteiger partial charge in [-0.2, -0.15) is 0 Å². The van der Waals surface area contributed by atoms with E-state index in [9.17, 15) is 4.79 Å². The average Bonchev–Trinajstić information content (AvgIpc) is 2.66. The summed E-state index contributed by atoms with van der Waals surface area (Å²) in [6.07, 6.45) is 0.0616. The van der Waals surface area contributed by atoms with Crippen LogP contribution in [0.5, 0.6) is 5.75 Å². The zero-order chi connectivity index (χ0) is 22.4. The van der Waals surface area contributed by atoms with E-state index in [1.165, 1.54) is 0 Å². The molecule has 1 unspecified atom stereocenters. The Morgan fingerprint density at radius 3 is 2.19 bits per heavy atom. The Morgan fingerprint density at radius 1 is 1.10 bits per heavy atom. The van der Waals surface area contributed by atoms with Crippen LogP contribution in [0.1, 0.15) is 68.8 Å². The summed E-state index contributed by atoms with van der Waals surface area (Å²) in [5.74, 6) is 0.732. The van der Waals surface area contributed by atoms with Crippen molar-refractivity contribution >= 4 is 29.9 Å². The largest absolute Gasteiger partial charge is 0.491 e. The number of nitrogen functional groups attached to an aromatic ring is 1. The van der Waals surface area contributed by atoms with E-state index < -0.39 is 6.04 Å². The summed E-state index contributed by atoms with van der Waals surface area (Å²) in [6.45, 7) is 12.3. The molecule has 0 aliphatic heterocycles. The Labute approximate surface area is 191 Å². The Bertz CT molecular complexity index is 896. The first-order chi connectivity index (χ1) is 14.1. The lowest BCUT2D eigenvalue weighted by Gasteiger charge is -2.24. The van der Waals surface area contributed by atoms with Crippen LogP contribution in [0.25, 0.3) is 0 Å². The van der Waals surface area contributed by atoms with E-state index in [1.54, 1.807) is 31.2 Å². The topological polar surface area (TPSA) is 97.4 Å². The third kappa shape index (κ3) is 6.89. The van der Waals surface area contributed by atoms with Gasteiger partial charge in [0.1, 0.15) is 11.6 Å². The number of aryl methyl sites for hydroxylation is 1. The highest BCUT2D eigenvalue weighted by Crippen LogP contribution is 2.34. The van der Waals surface area contributed by atoms with E-state index >= 15 is 0 Å². The Hall–Kier alpha value is -2.73. The lowest BCUT2D eigenvalue weighted by atomic mass is 9.92. The van der Waals surface area contributed by atoms with E-state index in [1.807, 2.05) is 32.9 Å². The number of anilines is 1. The molecular weight excluding hydrogens is 414 g/mol. The number of hydrogen-bond donors (Lipinski definition) is 3. The van der Waals surface area contributed by atoms with Crippen molar-refractivity contribution in [2.45, 2.75) is 59.6 Å². The minimum absolute atomic E-state index is 0. The molecule has 0 spiro atoms. The molecule has 7 heteroatoms. The number of rotatable bonds is 9. The van der Waals surface area contributed by atoms with E-state index in [0.29, 0.717) is 12.2 Å². The van der Waals surface area contributed by atoms with Crippen LogP contribution in [0.3, 0.4) is 0 Å². The highest BCUT2D eigenvalue weighted by atomic mass is 35.5. The molecule has 0 radical (unpaired) electrons. The summed E-state index contributed by atoms with van der Waals surface area (Å²) >= 11 is 0. The predicted octanol–water partition coefficient (Wildman–Crippen LogP) is 5.33. The standard InChI is InChI=1S/C24H33N3O3.ClH/c1-7-29-24(28)22(27-18-10-8-17(9-11-18)23(25)26)20-13-19(14(2)3)21(12-16(20)6)30-15(4)5;/h8-15,22,27H,7H2,1-6H3,(H3,25,26);1H. The molecule has 170 valence electrons. The maximum atomic E-state index is 12.8. The van der Waals surface area contributed by atoms with E-state index in [-0.39, 0.29) is 36.2 Å². The van der Waals surface area contributed by atoms with Gasteiger partial charge in [-0.15, -0.1) is 12.4 Å². The summed E-state index contributed by atoms with van der Waals surface area (Å²) in [5, 5.41) is 10.8. The van der Waals surface area contributed by atoms with Gasteiger partial charge in [-0.1, -0.05) is 13.8 Å². The number of carbonyl (C=O) groups excluding carboxylic acids is 1. The molecule has 4 N–H and O–H groups in total. The van der Waals surface area contributed by atoms with Crippen LogP contribution in [-0.4, -0.2) is 24.5 Å². The molecule has 1 atom stereocenters.